The van der Waals surface area contributed by atoms with Gasteiger partial charge in [0.2, 0.25) is 0 Å². The van der Waals surface area contributed by atoms with Gasteiger partial charge in [0.05, 0.1) is 18.6 Å². The highest BCUT2D eigenvalue weighted by atomic mass is 15.3. The van der Waals surface area contributed by atoms with Crippen molar-refractivity contribution in [3.63, 3.8) is 0 Å². The highest BCUT2D eigenvalue weighted by Crippen LogP contribution is 2.32. The summed E-state index contributed by atoms with van der Waals surface area (Å²) in [5, 5.41) is 7.16. The maximum absolute atomic E-state index is 4.78. The van der Waals surface area contributed by atoms with Gasteiger partial charge >= 0.3 is 0 Å². The maximum atomic E-state index is 4.78. The minimum Gasteiger partial charge on any atom is -0.347 e. The summed E-state index contributed by atoms with van der Waals surface area (Å²) in [5.74, 6) is 0.856. The molecule has 26 heavy (non-hydrogen) atoms. The second-order valence-corrected chi connectivity index (χ2v) is 6.72. The summed E-state index contributed by atoms with van der Waals surface area (Å²) in [4.78, 5) is 4.78. The van der Waals surface area contributed by atoms with E-state index in [0.29, 0.717) is 6.54 Å². The molecule has 3 nitrogen and oxygen atoms in total. The Morgan fingerprint density at radius 2 is 1.31 bits per heavy atom. The lowest BCUT2D eigenvalue weighted by atomic mass is 9.95. The minimum atomic E-state index is 0.162. The SMILES string of the molecule is Cc1cccc(CN=C2NC(c3ccccc3)C(c3ccccc3)N2)c1. The molecule has 2 N–H and O–H groups in total. The first-order valence-corrected chi connectivity index (χ1v) is 9.02. The van der Waals surface area contributed by atoms with E-state index in [1.165, 1.54) is 22.3 Å². The van der Waals surface area contributed by atoms with Crippen molar-refractivity contribution in [2.24, 2.45) is 4.99 Å². The van der Waals surface area contributed by atoms with E-state index in [1.807, 2.05) is 0 Å². The molecule has 0 bridgehead atoms. The number of benzene rings is 3. The number of hydrogen-bond donors (Lipinski definition) is 2. The van der Waals surface area contributed by atoms with E-state index in [-0.39, 0.29) is 12.1 Å². The number of nitrogens with zero attached hydrogens (tertiary/aromatic N) is 1. The van der Waals surface area contributed by atoms with Crippen molar-refractivity contribution in [3.05, 3.63) is 107 Å². The van der Waals surface area contributed by atoms with Gasteiger partial charge in [-0.25, -0.2) is 4.99 Å². The molecule has 2 atom stereocenters. The Morgan fingerprint density at radius 1 is 0.731 bits per heavy atom. The molecular weight excluding hydrogens is 318 g/mol. The maximum Gasteiger partial charge on any atom is 0.192 e. The quantitative estimate of drug-likeness (QED) is 0.732. The van der Waals surface area contributed by atoms with Crippen molar-refractivity contribution in [3.8, 4) is 0 Å². The molecular formula is C23H23N3. The van der Waals surface area contributed by atoms with Gasteiger partial charge in [0.25, 0.3) is 0 Å². The fourth-order valence-electron chi connectivity index (χ4n) is 3.45. The molecule has 3 aromatic carbocycles. The van der Waals surface area contributed by atoms with Crippen LogP contribution >= 0.6 is 0 Å². The number of aryl methyl sites for hydroxylation is 1. The van der Waals surface area contributed by atoms with Crippen LogP contribution in [0, 0.1) is 6.92 Å². The lowest BCUT2D eigenvalue weighted by molar-refractivity contribution is 0.554. The standard InChI is InChI=1S/C23H23N3/c1-17-9-8-10-18(15-17)16-24-23-25-21(19-11-4-2-5-12-19)22(26-23)20-13-6-3-7-14-20/h2-15,21-22H,16H2,1H3,(H2,24,25,26). The van der Waals surface area contributed by atoms with E-state index < -0.39 is 0 Å². The number of aliphatic imine (C=N–C) groups is 1. The van der Waals surface area contributed by atoms with Gasteiger partial charge in [0.1, 0.15) is 0 Å². The molecule has 4 rings (SSSR count). The largest absolute Gasteiger partial charge is 0.347 e. The summed E-state index contributed by atoms with van der Waals surface area (Å²) < 4.78 is 0. The van der Waals surface area contributed by atoms with Crippen LogP contribution in [0.5, 0.6) is 0 Å². The van der Waals surface area contributed by atoms with Crippen molar-refractivity contribution in [2.75, 3.05) is 0 Å². The third-order valence-corrected chi connectivity index (χ3v) is 4.74. The summed E-state index contributed by atoms with van der Waals surface area (Å²) in [6.07, 6.45) is 0. The van der Waals surface area contributed by atoms with Crippen LogP contribution in [0.3, 0.4) is 0 Å². The summed E-state index contributed by atoms with van der Waals surface area (Å²) in [6.45, 7) is 2.78. The molecule has 1 saturated heterocycles. The molecule has 3 heteroatoms. The van der Waals surface area contributed by atoms with Crippen LogP contribution in [0.4, 0.5) is 0 Å². The van der Waals surface area contributed by atoms with Crippen LogP contribution in [-0.4, -0.2) is 5.96 Å². The van der Waals surface area contributed by atoms with Gasteiger partial charge < -0.3 is 10.6 Å². The molecule has 0 aromatic heterocycles. The van der Waals surface area contributed by atoms with E-state index in [9.17, 15) is 0 Å². The molecule has 1 aliphatic heterocycles. The van der Waals surface area contributed by atoms with Gasteiger partial charge in [0, 0.05) is 0 Å². The number of guanidine groups is 1. The normalized spacial score (nSPS) is 18.9. The van der Waals surface area contributed by atoms with Crippen molar-refractivity contribution >= 4 is 5.96 Å². The van der Waals surface area contributed by atoms with Gasteiger partial charge in [0.15, 0.2) is 5.96 Å². The second-order valence-electron chi connectivity index (χ2n) is 6.72. The summed E-state index contributed by atoms with van der Waals surface area (Å²) in [6, 6.07) is 29.9. The van der Waals surface area contributed by atoms with E-state index in [0.717, 1.165) is 5.96 Å². The Balaban J connectivity index is 1.60. The lowest BCUT2D eigenvalue weighted by Gasteiger charge is -2.19. The fraction of sp³-hybridized carbons (Fsp3) is 0.174. The Bertz CT molecular complexity index is 838. The van der Waals surface area contributed by atoms with Crippen LogP contribution in [0.1, 0.15) is 34.3 Å². The Morgan fingerprint density at radius 3 is 1.85 bits per heavy atom. The molecule has 130 valence electrons. The lowest BCUT2D eigenvalue weighted by Crippen LogP contribution is -2.25. The first-order valence-electron chi connectivity index (χ1n) is 9.02. The summed E-state index contributed by atoms with van der Waals surface area (Å²) in [7, 11) is 0. The van der Waals surface area contributed by atoms with E-state index >= 15 is 0 Å². The first-order chi connectivity index (χ1) is 12.8. The van der Waals surface area contributed by atoms with E-state index in [2.05, 4.69) is 102 Å². The van der Waals surface area contributed by atoms with Gasteiger partial charge in [-0.1, -0.05) is 90.5 Å². The third-order valence-electron chi connectivity index (χ3n) is 4.74. The third kappa shape index (κ3) is 3.62. The Kier molecular flexibility index (Phi) is 4.69. The Labute approximate surface area is 154 Å². The minimum absolute atomic E-state index is 0.162. The van der Waals surface area contributed by atoms with Crippen molar-refractivity contribution in [2.45, 2.75) is 25.6 Å². The fourth-order valence-corrected chi connectivity index (χ4v) is 3.45. The molecule has 0 radical (unpaired) electrons. The number of rotatable bonds is 4. The predicted molar refractivity (Wildman–Crippen MR) is 107 cm³/mol. The van der Waals surface area contributed by atoms with Crippen molar-refractivity contribution < 1.29 is 0 Å². The highest BCUT2D eigenvalue weighted by molar-refractivity contribution is 5.83. The first kappa shape index (κ1) is 16.4. The molecule has 0 spiro atoms. The second kappa shape index (κ2) is 7.44. The molecule has 0 aliphatic carbocycles. The molecule has 0 amide bonds. The number of hydrogen-bond acceptors (Lipinski definition) is 1. The smallest absolute Gasteiger partial charge is 0.192 e. The molecule has 1 aliphatic rings. The zero-order chi connectivity index (χ0) is 17.8. The average Bonchev–Trinajstić information content (AvgIpc) is 3.12. The van der Waals surface area contributed by atoms with Gasteiger partial charge in [-0.3, -0.25) is 0 Å². The van der Waals surface area contributed by atoms with Crippen LogP contribution in [0.25, 0.3) is 0 Å². The summed E-state index contributed by atoms with van der Waals surface area (Å²) >= 11 is 0. The molecule has 1 heterocycles. The average molecular weight is 341 g/mol. The highest BCUT2D eigenvalue weighted by Gasteiger charge is 2.32. The molecule has 1 fully saturated rings. The monoisotopic (exact) mass is 341 g/mol. The van der Waals surface area contributed by atoms with Gasteiger partial charge in [-0.15, -0.1) is 0 Å². The zero-order valence-electron chi connectivity index (χ0n) is 14.9. The van der Waals surface area contributed by atoms with Crippen LogP contribution in [0.2, 0.25) is 0 Å². The summed E-state index contributed by atoms with van der Waals surface area (Å²) in [5.41, 5.74) is 5.00. The van der Waals surface area contributed by atoms with Crippen LogP contribution in [0.15, 0.2) is 89.9 Å². The topological polar surface area (TPSA) is 36.4 Å². The van der Waals surface area contributed by atoms with E-state index in [4.69, 9.17) is 4.99 Å². The number of nitrogens with one attached hydrogen (secondary N) is 2. The van der Waals surface area contributed by atoms with Crippen LogP contribution in [-0.2, 0) is 6.54 Å². The molecule has 3 aromatic rings. The van der Waals surface area contributed by atoms with E-state index in [1.54, 1.807) is 0 Å². The van der Waals surface area contributed by atoms with Crippen LogP contribution < -0.4 is 10.6 Å². The van der Waals surface area contributed by atoms with Crippen molar-refractivity contribution in [1.29, 1.82) is 0 Å². The molecule has 0 saturated carbocycles. The van der Waals surface area contributed by atoms with Crippen molar-refractivity contribution in [1.82, 2.24) is 10.6 Å². The molecule has 2 unspecified atom stereocenters. The van der Waals surface area contributed by atoms with Gasteiger partial charge in [-0.05, 0) is 23.6 Å². The predicted octanol–water partition coefficient (Wildman–Crippen LogP) is 4.53. The van der Waals surface area contributed by atoms with Gasteiger partial charge in [-0.2, -0.15) is 0 Å². The Hall–Kier alpha value is -3.07. The zero-order valence-corrected chi connectivity index (χ0v) is 14.9.